The largest absolute Gasteiger partial charge is 0.323 e. The summed E-state index contributed by atoms with van der Waals surface area (Å²) in [7, 11) is 1.68. The van der Waals surface area contributed by atoms with Gasteiger partial charge in [-0.05, 0) is 25.1 Å². The Labute approximate surface area is 145 Å². The third-order valence-corrected chi connectivity index (χ3v) is 5.70. The lowest BCUT2D eigenvalue weighted by Gasteiger charge is -2.05. The summed E-state index contributed by atoms with van der Waals surface area (Å²) < 4.78 is 15.8. The lowest BCUT2D eigenvalue weighted by molar-refractivity contribution is -0.113. The van der Waals surface area contributed by atoms with Gasteiger partial charge in [-0.3, -0.25) is 14.2 Å². The zero-order valence-electron chi connectivity index (χ0n) is 13.0. The molecule has 2 heterocycles. The highest BCUT2D eigenvalue weighted by molar-refractivity contribution is 8.01. The highest BCUT2D eigenvalue weighted by Gasteiger charge is 2.12. The molecule has 0 aliphatic heterocycles. The maximum absolute atomic E-state index is 13.5. The van der Waals surface area contributed by atoms with E-state index in [4.69, 9.17) is 0 Å². The van der Waals surface area contributed by atoms with Crippen LogP contribution in [-0.4, -0.2) is 21.2 Å². The van der Waals surface area contributed by atoms with Gasteiger partial charge < -0.3 is 5.32 Å². The Morgan fingerprint density at radius 3 is 2.92 bits per heavy atom. The van der Waals surface area contributed by atoms with E-state index in [-0.39, 0.29) is 22.9 Å². The van der Waals surface area contributed by atoms with Gasteiger partial charge in [0.25, 0.3) is 5.56 Å². The summed E-state index contributed by atoms with van der Waals surface area (Å²) in [6.07, 6.45) is 0. The molecule has 5 nitrogen and oxygen atoms in total. The van der Waals surface area contributed by atoms with Gasteiger partial charge in [0, 0.05) is 7.05 Å². The summed E-state index contributed by atoms with van der Waals surface area (Å²) in [5.74, 6) is -0.0100. The Morgan fingerprint density at radius 2 is 2.17 bits per heavy atom. The highest BCUT2D eigenvalue weighted by Crippen LogP contribution is 2.30. The van der Waals surface area contributed by atoms with E-state index in [1.165, 1.54) is 39.8 Å². The number of nitrogens with one attached hydrogen (secondary N) is 1. The van der Waals surface area contributed by atoms with Gasteiger partial charge in [0.15, 0.2) is 0 Å². The molecule has 0 fully saturated rings. The molecule has 8 heteroatoms. The molecule has 0 saturated carbocycles. The second kappa shape index (κ2) is 6.74. The average molecular weight is 363 g/mol. The number of fused-ring (bicyclic) bond motifs is 1. The van der Waals surface area contributed by atoms with Gasteiger partial charge >= 0.3 is 0 Å². The third-order valence-electron chi connectivity index (χ3n) is 3.47. The van der Waals surface area contributed by atoms with E-state index in [0.717, 1.165) is 4.21 Å². The lowest BCUT2D eigenvalue weighted by atomic mass is 10.3. The number of para-hydroxylation sites is 1. The van der Waals surface area contributed by atoms with Crippen LogP contribution in [0.25, 0.3) is 10.2 Å². The highest BCUT2D eigenvalue weighted by atomic mass is 32.2. The fraction of sp³-hybridized carbons (Fsp3) is 0.188. The Morgan fingerprint density at radius 1 is 1.42 bits per heavy atom. The van der Waals surface area contributed by atoms with E-state index in [1.54, 1.807) is 32.2 Å². The van der Waals surface area contributed by atoms with Crippen LogP contribution >= 0.6 is 23.1 Å². The smallest absolute Gasteiger partial charge is 0.262 e. The van der Waals surface area contributed by atoms with E-state index >= 15 is 0 Å². The quantitative estimate of drug-likeness (QED) is 0.723. The van der Waals surface area contributed by atoms with E-state index in [1.807, 2.05) is 0 Å². The van der Waals surface area contributed by atoms with Crippen LogP contribution in [0.3, 0.4) is 0 Å². The van der Waals surface area contributed by atoms with Crippen molar-refractivity contribution in [2.75, 3.05) is 11.1 Å². The molecule has 3 aromatic rings. The molecular weight excluding hydrogens is 349 g/mol. The second-order valence-corrected chi connectivity index (χ2v) is 7.43. The van der Waals surface area contributed by atoms with Crippen molar-refractivity contribution in [2.45, 2.75) is 11.1 Å². The summed E-state index contributed by atoms with van der Waals surface area (Å²) >= 11 is 2.67. The number of rotatable bonds is 4. The molecule has 0 radical (unpaired) electrons. The Kier molecular flexibility index (Phi) is 4.68. The molecule has 3 rings (SSSR count). The van der Waals surface area contributed by atoms with Crippen molar-refractivity contribution in [1.82, 2.24) is 9.55 Å². The SMILES string of the molecule is Cc1nc2sc(SCC(=O)Nc3ccccc3F)cc2c(=O)n1C. The van der Waals surface area contributed by atoms with Gasteiger partial charge in [-0.1, -0.05) is 12.1 Å². The van der Waals surface area contributed by atoms with Crippen molar-refractivity contribution in [1.29, 1.82) is 0 Å². The molecule has 24 heavy (non-hydrogen) atoms. The van der Waals surface area contributed by atoms with Crippen molar-refractivity contribution in [3.8, 4) is 0 Å². The normalized spacial score (nSPS) is 11.0. The number of nitrogens with zero attached hydrogens (tertiary/aromatic N) is 2. The van der Waals surface area contributed by atoms with Crippen molar-refractivity contribution < 1.29 is 9.18 Å². The topological polar surface area (TPSA) is 64.0 Å². The van der Waals surface area contributed by atoms with Crippen molar-refractivity contribution >= 4 is 44.9 Å². The predicted octanol–water partition coefficient (Wildman–Crippen LogP) is 3.17. The van der Waals surface area contributed by atoms with Gasteiger partial charge in [-0.15, -0.1) is 23.1 Å². The van der Waals surface area contributed by atoms with E-state index in [2.05, 4.69) is 10.3 Å². The molecule has 124 valence electrons. The van der Waals surface area contributed by atoms with Crippen molar-refractivity contribution in [3.05, 3.63) is 52.3 Å². The van der Waals surface area contributed by atoms with Gasteiger partial charge in [0.1, 0.15) is 16.5 Å². The minimum Gasteiger partial charge on any atom is -0.323 e. The number of hydrogen-bond acceptors (Lipinski definition) is 5. The first-order chi connectivity index (χ1) is 11.5. The summed E-state index contributed by atoms with van der Waals surface area (Å²) in [5, 5.41) is 3.08. The first kappa shape index (κ1) is 16.7. The molecule has 0 atom stereocenters. The standard InChI is InChI=1S/C16H14FN3O2S2/c1-9-18-15-10(16(22)20(9)2)7-14(24-15)23-8-13(21)19-12-6-4-3-5-11(12)17/h3-7H,8H2,1-2H3,(H,19,21). The zero-order valence-corrected chi connectivity index (χ0v) is 14.6. The number of carbonyl (C=O) groups excluding carboxylic acids is 1. The van der Waals surface area contributed by atoms with E-state index < -0.39 is 5.82 Å². The number of anilines is 1. The summed E-state index contributed by atoms with van der Waals surface area (Å²) in [6, 6.07) is 7.76. The number of aromatic nitrogens is 2. The predicted molar refractivity (Wildman–Crippen MR) is 95.4 cm³/mol. The number of benzene rings is 1. The van der Waals surface area contributed by atoms with Crippen LogP contribution in [0.15, 0.2) is 39.3 Å². The van der Waals surface area contributed by atoms with Gasteiger partial charge in [0.2, 0.25) is 5.91 Å². The third kappa shape index (κ3) is 3.34. The minimum atomic E-state index is -0.471. The van der Waals surface area contributed by atoms with Crippen molar-refractivity contribution in [2.24, 2.45) is 7.05 Å². The average Bonchev–Trinajstić information content (AvgIpc) is 2.96. The Balaban J connectivity index is 1.72. The Bertz CT molecular complexity index is 981. The molecule has 0 unspecified atom stereocenters. The fourth-order valence-electron chi connectivity index (χ4n) is 2.10. The molecule has 0 aliphatic rings. The molecule has 0 bridgehead atoms. The molecule has 1 aromatic carbocycles. The van der Waals surface area contributed by atoms with Crippen LogP contribution in [0.4, 0.5) is 10.1 Å². The maximum Gasteiger partial charge on any atom is 0.262 e. The molecule has 0 saturated heterocycles. The number of halogens is 1. The lowest BCUT2D eigenvalue weighted by Crippen LogP contribution is -2.19. The molecule has 0 aliphatic carbocycles. The molecule has 2 aromatic heterocycles. The number of hydrogen-bond donors (Lipinski definition) is 1. The number of carbonyl (C=O) groups is 1. The summed E-state index contributed by atoms with van der Waals surface area (Å²) in [4.78, 5) is 29.2. The van der Waals surface area contributed by atoms with Crippen molar-refractivity contribution in [3.63, 3.8) is 0 Å². The fourth-order valence-corrected chi connectivity index (χ4v) is 4.10. The van der Waals surface area contributed by atoms with Crippen LogP contribution < -0.4 is 10.9 Å². The molecule has 1 amide bonds. The van der Waals surface area contributed by atoms with Crippen LogP contribution in [-0.2, 0) is 11.8 Å². The molecular formula is C16H14FN3O2S2. The Hall–Kier alpha value is -2.19. The van der Waals surface area contributed by atoms with Gasteiger partial charge in [-0.2, -0.15) is 0 Å². The number of amides is 1. The number of thioether (sulfide) groups is 1. The zero-order chi connectivity index (χ0) is 17.3. The van der Waals surface area contributed by atoms with Crippen LogP contribution in [0.5, 0.6) is 0 Å². The monoisotopic (exact) mass is 363 g/mol. The molecule has 1 N–H and O–H groups in total. The minimum absolute atomic E-state index is 0.101. The maximum atomic E-state index is 13.5. The number of aryl methyl sites for hydroxylation is 1. The van der Waals surface area contributed by atoms with E-state index in [0.29, 0.717) is 16.0 Å². The first-order valence-corrected chi connectivity index (χ1v) is 8.90. The number of thiophene rings is 1. The second-order valence-electron chi connectivity index (χ2n) is 5.12. The van der Waals surface area contributed by atoms with E-state index in [9.17, 15) is 14.0 Å². The summed E-state index contributed by atoms with van der Waals surface area (Å²) in [6.45, 7) is 1.77. The van der Waals surface area contributed by atoms with Crippen LogP contribution in [0, 0.1) is 12.7 Å². The van der Waals surface area contributed by atoms with Crippen LogP contribution in [0.2, 0.25) is 0 Å². The first-order valence-electron chi connectivity index (χ1n) is 7.10. The molecule has 0 spiro atoms. The van der Waals surface area contributed by atoms with Gasteiger partial charge in [0.05, 0.1) is 21.0 Å². The summed E-state index contributed by atoms with van der Waals surface area (Å²) in [5.41, 5.74) is 0.0574. The van der Waals surface area contributed by atoms with Gasteiger partial charge in [-0.25, -0.2) is 9.37 Å². The van der Waals surface area contributed by atoms with Crippen LogP contribution in [0.1, 0.15) is 5.82 Å².